The first-order chi connectivity index (χ1) is 29.6. The van der Waals surface area contributed by atoms with Crippen LogP contribution in [0.2, 0.25) is 0 Å². The Labute approximate surface area is 392 Å². The molecule has 0 atom stereocenters. The van der Waals surface area contributed by atoms with Crippen LogP contribution < -0.4 is 43.8 Å². The molecule has 0 unspecified atom stereocenters. The largest absolute Gasteiger partial charge is 1.00 e. The maximum Gasteiger partial charge on any atom is 1.00 e. The molecule has 2 N–H and O–H groups in total. The Bertz CT molecular complexity index is 1090. The Morgan fingerprint density at radius 3 is 0.902 bits per heavy atom. The van der Waals surface area contributed by atoms with E-state index in [9.17, 15) is 4.79 Å². The fourth-order valence-electron chi connectivity index (χ4n) is 6.57. The van der Waals surface area contributed by atoms with Crippen molar-refractivity contribution >= 4 is 5.97 Å². The molecule has 1 aromatic rings. The average molecular weight is 873 g/mol. The van der Waals surface area contributed by atoms with Crippen molar-refractivity contribution in [3.63, 3.8) is 0 Å². The van der Waals surface area contributed by atoms with Gasteiger partial charge in [0.05, 0.1) is 39.6 Å². The fraction of sp³-hybridized carbons (Fsp3) is 0.735. The van der Waals surface area contributed by atoms with Crippen LogP contribution in [0.15, 0.2) is 50.1 Å². The first-order valence-electron chi connectivity index (χ1n) is 23.5. The van der Waals surface area contributed by atoms with Crippen molar-refractivity contribution in [1.29, 1.82) is 0 Å². The first kappa shape index (κ1) is 59.1. The van der Waals surface area contributed by atoms with Crippen LogP contribution in [0.5, 0.6) is 17.2 Å². The smallest absolute Gasteiger partial charge is 0.561 e. The second kappa shape index (κ2) is 47.5. The van der Waals surface area contributed by atoms with Crippen molar-refractivity contribution in [2.75, 3.05) is 59.5 Å². The molecule has 0 amide bonds. The minimum absolute atomic E-state index is 0. The molecule has 0 heterocycles. The molecular weight excluding hydrogens is 788 g/mol. The van der Waals surface area contributed by atoms with E-state index in [1.165, 1.54) is 83.5 Å². The predicted octanol–water partition coefficient (Wildman–Crippen LogP) is 9.63. The van der Waals surface area contributed by atoms with Gasteiger partial charge in [-0.2, -0.15) is 0 Å². The summed E-state index contributed by atoms with van der Waals surface area (Å²) in [6.07, 6.45) is 35.7. The third-order valence-electron chi connectivity index (χ3n) is 9.97. The second-order valence-electron chi connectivity index (χ2n) is 15.4. The molecule has 0 aliphatic rings. The second-order valence-corrected chi connectivity index (χ2v) is 15.4. The van der Waals surface area contributed by atoms with E-state index >= 15 is 0 Å². The van der Waals surface area contributed by atoms with Gasteiger partial charge in [-0.1, -0.05) is 153 Å². The number of hydrogen-bond acceptors (Lipinski definition) is 10. The Balaban J connectivity index is 0.0000360. The molecule has 0 spiro atoms. The van der Waals surface area contributed by atoms with Gasteiger partial charge in [0.15, 0.2) is 11.5 Å². The summed E-state index contributed by atoms with van der Waals surface area (Å²) in [4.78, 5) is 42.5. The van der Waals surface area contributed by atoms with Gasteiger partial charge < -0.3 is 19.3 Å². The summed E-state index contributed by atoms with van der Waals surface area (Å²) in [6, 6.07) is 3.30. The molecule has 1 aromatic carbocycles. The number of rotatable bonds is 49. The summed E-state index contributed by atoms with van der Waals surface area (Å²) in [5.74, 6) is 0.782. The van der Waals surface area contributed by atoms with Crippen LogP contribution in [0.3, 0.4) is 0 Å². The average Bonchev–Trinajstić information content (AvgIpc) is 3.25. The molecule has 0 radical (unpaired) electrons. The van der Waals surface area contributed by atoms with Crippen LogP contribution in [0.1, 0.15) is 184 Å². The molecule has 346 valence electrons. The number of benzene rings is 1. The molecule has 0 aromatic heterocycles. The van der Waals surface area contributed by atoms with E-state index in [4.69, 9.17) is 48.6 Å². The number of ether oxygens (including phenoxy) is 3. The van der Waals surface area contributed by atoms with Crippen molar-refractivity contribution in [3.8, 4) is 17.2 Å². The zero-order chi connectivity index (χ0) is 43.2. The van der Waals surface area contributed by atoms with Crippen LogP contribution in [-0.2, 0) is 29.3 Å². The van der Waals surface area contributed by atoms with Gasteiger partial charge in [0.25, 0.3) is 0 Å². The van der Waals surface area contributed by atoms with E-state index in [1.807, 2.05) is 0 Å². The molecule has 0 fully saturated rings. The maximum absolute atomic E-state index is 12.3. The summed E-state index contributed by atoms with van der Waals surface area (Å²) in [6.45, 7) is 15.6. The number of carbonyl (C=O) groups excluding carboxylic acids is 1. The summed E-state index contributed by atoms with van der Waals surface area (Å²) >= 11 is 0. The standard InChI is InChI=1S/C49H84O11.Na/c1-4-34-55-58-40-31-25-19-13-7-10-16-22-28-37-52-46-43-45(49(50)51)44-47(53-38-29-23-17-11-8-14-20-26-32-41-59-56-35-5-2)48(46)54-39-30-24-18-12-9-15-21-27-33-42-60-57-36-6-3;/h4-6,43-44H,1-3,7-42H2,(H,50,51);/q;+1/p+1. The van der Waals surface area contributed by atoms with Crippen LogP contribution in [0, 0.1) is 0 Å². The summed E-state index contributed by atoms with van der Waals surface area (Å²) < 4.78 is 18.9. The monoisotopic (exact) mass is 873 g/mol. The van der Waals surface area contributed by atoms with Crippen LogP contribution >= 0.6 is 0 Å². The summed E-state index contributed by atoms with van der Waals surface area (Å²) in [5.41, 5.74) is 0.257. The third-order valence-corrected chi connectivity index (χ3v) is 9.97. The minimum Gasteiger partial charge on any atom is -0.561 e. The van der Waals surface area contributed by atoms with E-state index in [2.05, 4.69) is 19.7 Å². The molecular formula is C49H85NaO11+2. The van der Waals surface area contributed by atoms with E-state index in [1.54, 1.807) is 30.4 Å². The van der Waals surface area contributed by atoms with Gasteiger partial charge in [0, 0.05) is 16.9 Å². The van der Waals surface area contributed by atoms with E-state index in [0.717, 1.165) is 89.9 Å². The molecule has 0 saturated carbocycles. The van der Waals surface area contributed by atoms with E-state index < -0.39 is 5.97 Å². The topological polar surface area (TPSA) is 123 Å². The Kier molecular flexibility index (Phi) is 46.0. The van der Waals surface area contributed by atoms with Crippen LogP contribution in [-0.4, -0.2) is 70.5 Å². The molecule has 1 rings (SSSR count). The maximum atomic E-state index is 12.3. The number of hydrogen-bond donors (Lipinski definition) is 0. The number of unbranched alkanes of at least 4 members (excludes halogenated alkanes) is 24. The zero-order valence-corrected chi connectivity index (χ0v) is 40.5. The Morgan fingerprint density at radius 2 is 0.639 bits per heavy atom. The molecule has 0 bridgehead atoms. The van der Waals surface area contributed by atoms with Gasteiger partial charge in [-0.05, 0) is 38.5 Å². The number of carbonyl (C=O) groups is 1. The quantitative estimate of drug-likeness (QED) is 0.0156. The minimum atomic E-state index is -0.760. The normalized spacial score (nSPS) is 11.0. The molecule has 0 saturated heterocycles. The van der Waals surface area contributed by atoms with E-state index in [-0.39, 0.29) is 35.1 Å². The predicted molar refractivity (Wildman–Crippen MR) is 242 cm³/mol. The molecule has 61 heavy (non-hydrogen) atoms. The molecule has 12 heteroatoms. The molecule has 0 aliphatic heterocycles. The van der Waals surface area contributed by atoms with Gasteiger partial charge in [-0.3, -0.25) is 0 Å². The first-order valence-corrected chi connectivity index (χ1v) is 23.5. The van der Waals surface area contributed by atoms with Crippen LogP contribution in [0.25, 0.3) is 0 Å². The Morgan fingerprint density at radius 1 is 0.393 bits per heavy atom. The fourth-order valence-corrected chi connectivity index (χ4v) is 6.57. The van der Waals surface area contributed by atoms with Crippen molar-refractivity contribution in [3.05, 3.63) is 55.7 Å². The van der Waals surface area contributed by atoms with E-state index in [0.29, 0.717) is 76.7 Å². The van der Waals surface area contributed by atoms with Gasteiger partial charge >= 0.3 is 35.5 Å². The van der Waals surface area contributed by atoms with Crippen molar-refractivity contribution in [2.24, 2.45) is 0 Å². The molecule has 0 aliphatic carbocycles. The van der Waals surface area contributed by atoms with Crippen molar-refractivity contribution < 1.29 is 83.0 Å². The van der Waals surface area contributed by atoms with Crippen molar-refractivity contribution in [1.82, 2.24) is 0 Å². The van der Waals surface area contributed by atoms with Gasteiger partial charge in [-0.15, -0.1) is 19.7 Å². The Hall–Kier alpha value is -1.93. The summed E-state index contributed by atoms with van der Waals surface area (Å²) in [7, 11) is 0. The third kappa shape index (κ3) is 38.3. The van der Waals surface area contributed by atoms with Crippen molar-refractivity contribution in [2.45, 2.75) is 173 Å². The SMILES string of the molecule is C=CCOOCCCCCCCCCCCOc1cc(C(=O)[OH2+])cc(OCCCCCCCCCCCOOCC=C)c1OCCCCCCCCCCCOOCC=C.[Na+]. The zero-order valence-electron chi connectivity index (χ0n) is 38.5. The van der Waals surface area contributed by atoms with Gasteiger partial charge in [-0.25, -0.2) is 29.3 Å². The van der Waals surface area contributed by atoms with Gasteiger partial charge in [0.1, 0.15) is 25.4 Å². The van der Waals surface area contributed by atoms with Gasteiger partial charge in [0.2, 0.25) is 5.75 Å². The summed E-state index contributed by atoms with van der Waals surface area (Å²) in [5, 5.41) is 7.86. The molecule has 11 nitrogen and oxygen atoms in total. The van der Waals surface area contributed by atoms with Crippen LogP contribution in [0.4, 0.5) is 0 Å².